The maximum Gasteiger partial charge on any atom is 0.166 e. The van der Waals surface area contributed by atoms with Crippen molar-refractivity contribution in [2.24, 2.45) is 5.92 Å². The van der Waals surface area contributed by atoms with Gasteiger partial charge in [-0.1, -0.05) is 85.4 Å². The van der Waals surface area contributed by atoms with E-state index in [1.165, 1.54) is 25.2 Å². The van der Waals surface area contributed by atoms with E-state index in [1.54, 1.807) is 0 Å². The van der Waals surface area contributed by atoms with Gasteiger partial charge >= 0.3 is 0 Å². The largest absolute Gasteiger partial charge is 0.206 e. The standard InChI is InChI=1S/C26H31F3.C2H6/c1-16(2)11-12-18(5)21(8)15-24(27)22(9)19(6)13-14-20(7)23(10)26(29)25(28)17(3)4;1-2/h12-16H,3,6-11H2,1-2,4-5H3;1-2H3/b14-13-,18-12+,24-15+,26-25-;. The van der Waals surface area contributed by atoms with Gasteiger partial charge < -0.3 is 0 Å². The highest BCUT2D eigenvalue weighted by atomic mass is 19.2. The van der Waals surface area contributed by atoms with E-state index in [4.69, 9.17) is 0 Å². The minimum Gasteiger partial charge on any atom is -0.206 e. The van der Waals surface area contributed by atoms with Crippen LogP contribution in [0.25, 0.3) is 0 Å². The topological polar surface area (TPSA) is 0 Å². The maximum absolute atomic E-state index is 14.5. The Balaban J connectivity index is 0. The van der Waals surface area contributed by atoms with Gasteiger partial charge in [0.2, 0.25) is 0 Å². The Kier molecular flexibility index (Phi) is 14.8. The number of rotatable bonds is 11. The van der Waals surface area contributed by atoms with Crippen LogP contribution in [0.5, 0.6) is 0 Å². The van der Waals surface area contributed by atoms with Gasteiger partial charge in [0.1, 0.15) is 5.83 Å². The van der Waals surface area contributed by atoms with Crippen molar-refractivity contribution in [3.8, 4) is 0 Å². The molecule has 0 aliphatic rings. The SMILES string of the molecule is C=C(/C=C\C(=C)C(=C)/C(F)=C\C(=C)/C(C)=C/CC(C)C)C(=C)/C(F)=C(/F)C(=C)C.CC. The molecule has 0 N–H and O–H groups in total. The average Bonchev–Trinajstić information content (AvgIpc) is 2.74. The minimum atomic E-state index is -1.14. The molecule has 0 saturated carbocycles. The van der Waals surface area contributed by atoms with Crippen molar-refractivity contribution in [1.82, 2.24) is 0 Å². The molecule has 0 aromatic rings. The zero-order chi connectivity index (χ0) is 24.9. The molecule has 31 heavy (non-hydrogen) atoms. The summed E-state index contributed by atoms with van der Waals surface area (Å²) >= 11 is 0. The quantitative estimate of drug-likeness (QED) is 0.286. The van der Waals surface area contributed by atoms with Crippen LogP contribution in [-0.2, 0) is 0 Å². The molecule has 0 radical (unpaired) electrons. The van der Waals surface area contributed by atoms with Gasteiger partial charge in [-0.2, -0.15) is 0 Å². The summed E-state index contributed by atoms with van der Waals surface area (Å²) in [6.07, 6.45) is 6.97. The smallest absolute Gasteiger partial charge is 0.166 e. The van der Waals surface area contributed by atoms with Gasteiger partial charge in [-0.3, -0.25) is 0 Å². The van der Waals surface area contributed by atoms with Crippen LogP contribution < -0.4 is 0 Å². The normalized spacial score (nSPS) is 12.7. The van der Waals surface area contributed by atoms with Crippen molar-refractivity contribution in [3.05, 3.63) is 120 Å². The Bertz CT molecular complexity index is 853. The van der Waals surface area contributed by atoms with Crippen molar-refractivity contribution >= 4 is 0 Å². The molecule has 0 saturated heterocycles. The van der Waals surface area contributed by atoms with E-state index in [9.17, 15) is 13.2 Å². The molecule has 0 aliphatic heterocycles. The van der Waals surface area contributed by atoms with Crippen LogP contribution in [0.15, 0.2) is 120 Å². The summed E-state index contributed by atoms with van der Waals surface area (Å²) in [7, 11) is 0. The third-order valence-electron chi connectivity index (χ3n) is 4.08. The van der Waals surface area contributed by atoms with Crippen molar-refractivity contribution < 1.29 is 13.2 Å². The first-order chi connectivity index (χ1) is 14.3. The van der Waals surface area contributed by atoms with Crippen molar-refractivity contribution in [3.63, 3.8) is 0 Å². The fourth-order valence-corrected chi connectivity index (χ4v) is 1.91. The average molecular weight is 431 g/mol. The highest BCUT2D eigenvalue weighted by Gasteiger charge is 2.12. The molecule has 170 valence electrons. The third-order valence-corrected chi connectivity index (χ3v) is 4.08. The van der Waals surface area contributed by atoms with Gasteiger partial charge in [0.05, 0.1) is 0 Å². The second-order valence-corrected chi connectivity index (χ2v) is 7.28. The third kappa shape index (κ3) is 11.2. The van der Waals surface area contributed by atoms with E-state index < -0.39 is 17.5 Å². The molecule has 0 fully saturated rings. The van der Waals surface area contributed by atoms with Gasteiger partial charge in [0.15, 0.2) is 11.7 Å². The van der Waals surface area contributed by atoms with Gasteiger partial charge in [-0.05, 0) is 60.1 Å². The zero-order valence-corrected chi connectivity index (χ0v) is 20.0. The predicted molar refractivity (Wildman–Crippen MR) is 133 cm³/mol. The molecule has 0 spiro atoms. The second kappa shape index (κ2) is 15.1. The fraction of sp³-hybridized carbons (Fsp3) is 0.286. The number of hydrogen-bond acceptors (Lipinski definition) is 0. The molecule has 0 rings (SSSR count). The summed E-state index contributed by atoms with van der Waals surface area (Å²) in [4.78, 5) is 0. The molecule has 0 nitrogen and oxygen atoms in total. The maximum atomic E-state index is 14.5. The molecule has 0 unspecified atom stereocenters. The molecule has 0 amide bonds. The predicted octanol–water partition coefficient (Wildman–Crippen LogP) is 9.92. The van der Waals surface area contributed by atoms with Crippen LogP contribution in [0.2, 0.25) is 0 Å². The second-order valence-electron chi connectivity index (χ2n) is 7.28. The summed E-state index contributed by atoms with van der Waals surface area (Å²) in [6.45, 7) is 33.2. The molecule has 0 bridgehead atoms. The summed E-state index contributed by atoms with van der Waals surface area (Å²) in [5, 5.41) is 0. The summed E-state index contributed by atoms with van der Waals surface area (Å²) in [5.41, 5.74) is 1.58. The molecule has 0 atom stereocenters. The van der Waals surface area contributed by atoms with Crippen LogP contribution in [-0.4, -0.2) is 0 Å². The summed E-state index contributed by atoms with van der Waals surface area (Å²) in [6, 6.07) is 0. The van der Waals surface area contributed by atoms with Crippen LogP contribution in [0, 0.1) is 5.92 Å². The molecule has 3 heteroatoms. The van der Waals surface area contributed by atoms with Crippen LogP contribution in [0.1, 0.15) is 48.0 Å². The van der Waals surface area contributed by atoms with Gasteiger partial charge in [-0.15, -0.1) is 0 Å². The van der Waals surface area contributed by atoms with E-state index >= 15 is 0 Å². The minimum absolute atomic E-state index is 0.0524. The van der Waals surface area contributed by atoms with Crippen molar-refractivity contribution in [1.29, 1.82) is 0 Å². The van der Waals surface area contributed by atoms with Crippen LogP contribution in [0.4, 0.5) is 13.2 Å². The van der Waals surface area contributed by atoms with Gasteiger partial charge in [0, 0.05) is 11.1 Å². The molecule has 0 aromatic heterocycles. The molecule has 0 heterocycles. The molecule has 0 aromatic carbocycles. The first kappa shape index (κ1) is 30.4. The highest BCUT2D eigenvalue weighted by Crippen LogP contribution is 2.27. The van der Waals surface area contributed by atoms with Gasteiger partial charge in [0.25, 0.3) is 0 Å². The lowest BCUT2D eigenvalue weighted by Gasteiger charge is -2.08. The number of hydrogen-bond donors (Lipinski definition) is 0. The Morgan fingerprint density at radius 3 is 1.61 bits per heavy atom. The van der Waals surface area contributed by atoms with E-state index in [-0.39, 0.29) is 27.9 Å². The lowest BCUT2D eigenvalue weighted by Crippen LogP contribution is -1.91. The Hall–Kier alpha value is -2.81. The summed E-state index contributed by atoms with van der Waals surface area (Å²) < 4.78 is 42.1. The Morgan fingerprint density at radius 1 is 0.742 bits per heavy atom. The zero-order valence-electron chi connectivity index (χ0n) is 20.0. The lowest BCUT2D eigenvalue weighted by atomic mass is 10.0. The van der Waals surface area contributed by atoms with E-state index in [2.05, 4.69) is 53.3 Å². The first-order valence-electron chi connectivity index (χ1n) is 10.2. The monoisotopic (exact) mass is 430 g/mol. The summed E-state index contributed by atoms with van der Waals surface area (Å²) in [5.74, 6) is -2.30. The van der Waals surface area contributed by atoms with E-state index in [0.717, 1.165) is 12.0 Å². The molecule has 0 aliphatic carbocycles. The first-order valence-corrected chi connectivity index (χ1v) is 10.2. The Labute approximate surface area is 187 Å². The van der Waals surface area contributed by atoms with Gasteiger partial charge in [-0.25, -0.2) is 13.2 Å². The number of allylic oxidation sites excluding steroid dienone is 14. The van der Waals surface area contributed by atoms with E-state index in [0.29, 0.717) is 11.5 Å². The van der Waals surface area contributed by atoms with Crippen molar-refractivity contribution in [2.75, 3.05) is 0 Å². The fourth-order valence-electron chi connectivity index (χ4n) is 1.91. The van der Waals surface area contributed by atoms with Crippen LogP contribution in [0.3, 0.4) is 0 Å². The van der Waals surface area contributed by atoms with Crippen LogP contribution >= 0.6 is 0 Å². The lowest BCUT2D eigenvalue weighted by molar-refractivity contribution is 0.558. The molecular formula is C28H37F3. The van der Waals surface area contributed by atoms with Crippen molar-refractivity contribution in [2.45, 2.75) is 48.0 Å². The van der Waals surface area contributed by atoms with E-state index in [1.807, 2.05) is 26.8 Å². The Morgan fingerprint density at radius 2 is 1.19 bits per heavy atom. The molecular weight excluding hydrogens is 393 g/mol. The number of halogens is 3. The highest BCUT2D eigenvalue weighted by molar-refractivity contribution is 5.54.